The van der Waals surface area contributed by atoms with Gasteiger partial charge in [0.05, 0.1) is 0 Å². The predicted octanol–water partition coefficient (Wildman–Crippen LogP) is 1.02. The first-order chi connectivity index (χ1) is 6.65. The molecule has 78 valence electrons. The Morgan fingerprint density at radius 2 is 2.14 bits per heavy atom. The van der Waals surface area contributed by atoms with Gasteiger partial charge in [0.15, 0.2) is 11.9 Å². The van der Waals surface area contributed by atoms with Crippen LogP contribution in [0.15, 0.2) is 0 Å². The Bertz CT molecular complexity index is 257. The average Bonchev–Trinajstić information content (AvgIpc) is 2.20. The smallest absolute Gasteiger partial charge is 0.375 e. The Hall–Kier alpha value is -1.19. The van der Waals surface area contributed by atoms with Crippen LogP contribution >= 0.6 is 0 Å². The first-order valence-electron chi connectivity index (χ1n) is 4.91. The molecule has 0 N–H and O–H groups in total. The van der Waals surface area contributed by atoms with Crippen LogP contribution in [-0.2, 0) is 19.1 Å². The Morgan fingerprint density at radius 1 is 1.43 bits per heavy atom. The monoisotopic (exact) mass is 198 g/mol. The van der Waals surface area contributed by atoms with Gasteiger partial charge in [0, 0.05) is 12.8 Å². The van der Waals surface area contributed by atoms with Crippen molar-refractivity contribution in [1.82, 2.24) is 0 Å². The number of hydrogen-bond donors (Lipinski definition) is 0. The highest BCUT2D eigenvalue weighted by Crippen LogP contribution is 2.17. The molecule has 0 radical (unpaired) electrons. The average molecular weight is 198 g/mol. The van der Waals surface area contributed by atoms with Crippen molar-refractivity contribution < 1.29 is 19.1 Å². The van der Waals surface area contributed by atoms with Gasteiger partial charge in [-0.3, -0.25) is 9.59 Å². The molecule has 0 aromatic heterocycles. The summed E-state index contributed by atoms with van der Waals surface area (Å²) in [4.78, 5) is 33.2. The summed E-state index contributed by atoms with van der Waals surface area (Å²) < 4.78 is 4.82. The summed E-state index contributed by atoms with van der Waals surface area (Å²) in [6.07, 6.45) is 2.20. The van der Waals surface area contributed by atoms with Crippen LogP contribution in [0, 0.1) is 0 Å². The molecule has 0 aromatic carbocycles. The third kappa shape index (κ3) is 2.65. The van der Waals surface area contributed by atoms with Crippen LogP contribution < -0.4 is 0 Å². The third-order valence-electron chi connectivity index (χ3n) is 2.30. The minimum absolute atomic E-state index is 0.0616. The lowest BCUT2D eigenvalue weighted by Crippen LogP contribution is -2.32. The van der Waals surface area contributed by atoms with Gasteiger partial charge in [-0.2, -0.15) is 0 Å². The fraction of sp³-hybridized carbons (Fsp3) is 0.700. The lowest BCUT2D eigenvalue weighted by atomic mass is 9.96. The number of ketones is 2. The molecule has 1 aliphatic rings. The topological polar surface area (TPSA) is 60.4 Å². The molecule has 0 aromatic rings. The van der Waals surface area contributed by atoms with E-state index in [9.17, 15) is 14.4 Å². The molecule has 0 amide bonds. The van der Waals surface area contributed by atoms with E-state index in [-0.39, 0.29) is 12.2 Å². The minimum atomic E-state index is -0.868. The summed E-state index contributed by atoms with van der Waals surface area (Å²) in [7, 11) is 0. The molecule has 0 bridgehead atoms. The van der Waals surface area contributed by atoms with E-state index in [1.165, 1.54) is 0 Å². The van der Waals surface area contributed by atoms with Gasteiger partial charge < -0.3 is 4.74 Å². The molecule has 1 fully saturated rings. The van der Waals surface area contributed by atoms with Gasteiger partial charge in [0.2, 0.25) is 5.78 Å². The second kappa shape index (κ2) is 4.88. The van der Waals surface area contributed by atoms with Gasteiger partial charge in [0.1, 0.15) is 0 Å². The van der Waals surface area contributed by atoms with Crippen molar-refractivity contribution in [2.45, 2.75) is 45.1 Å². The normalized spacial score (nSPS) is 21.8. The quantitative estimate of drug-likeness (QED) is 0.501. The molecule has 1 atom stereocenters. The molecular formula is C10H14O4. The number of carbonyl (C=O) groups excluding carboxylic acids is 3. The van der Waals surface area contributed by atoms with Crippen LogP contribution in [0.25, 0.3) is 0 Å². The van der Waals surface area contributed by atoms with Crippen molar-refractivity contribution in [2.24, 2.45) is 0 Å². The fourth-order valence-corrected chi connectivity index (χ4v) is 1.41. The van der Waals surface area contributed by atoms with Crippen LogP contribution in [-0.4, -0.2) is 23.6 Å². The standard InChI is InChI=1S/C10H14O4/c1-2-7(11)10(13)14-9-6-4-3-5-8(9)12/h9H,2-6H2,1H3. The summed E-state index contributed by atoms with van der Waals surface area (Å²) >= 11 is 0. The van der Waals surface area contributed by atoms with E-state index in [0.29, 0.717) is 12.8 Å². The number of esters is 1. The van der Waals surface area contributed by atoms with Crippen molar-refractivity contribution in [2.75, 3.05) is 0 Å². The minimum Gasteiger partial charge on any atom is -0.449 e. The van der Waals surface area contributed by atoms with Crippen molar-refractivity contribution in [3.63, 3.8) is 0 Å². The first-order valence-corrected chi connectivity index (χ1v) is 4.91. The van der Waals surface area contributed by atoms with Gasteiger partial charge >= 0.3 is 5.97 Å². The molecule has 1 unspecified atom stereocenters. The van der Waals surface area contributed by atoms with E-state index in [2.05, 4.69) is 0 Å². The molecule has 14 heavy (non-hydrogen) atoms. The van der Waals surface area contributed by atoms with Crippen LogP contribution in [0.4, 0.5) is 0 Å². The second-order valence-electron chi connectivity index (χ2n) is 3.38. The molecule has 4 nitrogen and oxygen atoms in total. The Kier molecular flexibility index (Phi) is 3.80. The predicted molar refractivity (Wildman–Crippen MR) is 48.7 cm³/mol. The molecule has 1 rings (SSSR count). The number of rotatable bonds is 3. The van der Waals surface area contributed by atoms with Crippen molar-refractivity contribution >= 4 is 17.5 Å². The fourth-order valence-electron chi connectivity index (χ4n) is 1.41. The zero-order valence-electron chi connectivity index (χ0n) is 8.25. The van der Waals surface area contributed by atoms with E-state index >= 15 is 0 Å². The third-order valence-corrected chi connectivity index (χ3v) is 2.30. The van der Waals surface area contributed by atoms with Crippen LogP contribution in [0.5, 0.6) is 0 Å². The van der Waals surface area contributed by atoms with E-state index < -0.39 is 17.9 Å². The van der Waals surface area contributed by atoms with E-state index in [1.54, 1.807) is 6.92 Å². The first kappa shape index (κ1) is 10.9. The Balaban J connectivity index is 2.46. The van der Waals surface area contributed by atoms with E-state index in [1.807, 2.05) is 0 Å². The number of carbonyl (C=O) groups is 3. The number of Topliss-reactive ketones (excluding diaryl/α,β-unsaturated/α-hetero) is 2. The van der Waals surface area contributed by atoms with Gasteiger partial charge in [-0.05, 0) is 19.3 Å². The van der Waals surface area contributed by atoms with Crippen molar-refractivity contribution in [3.8, 4) is 0 Å². The summed E-state index contributed by atoms with van der Waals surface area (Å²) in [5, 5.41) is 0. The number of hydrogen-bond acceptors (Lipinski definition) is 4. The lowest BCUT2D eigenvalue weighted by molar-refractivity contribution is -0.162. The van der Waals surface area contributed by atoms with Gasteiger partial charge in [-0.15, -0.1) is 0 Å². The molecule has 1 saturated carbocycles. The van der Waals surface area contributed by atoms with Crippen LogP contribution in [0.2, 0.25) is 0 Å². The zero-order valence-corrected chi connectivity index (χ0v) is 8.25. The maximum absolute atomic E-state index is 11.3. The SMILES string of the molecule is CCC(=O)C(=O)OC1CCCCC1=O. The molecule has 1 aliphatic carbocycles. The molecule has 0 saturated heterocycles. The van der Waals surface area contributed by atoms with Crippen LogP contribution in [0.1, 0.15) is 39.0 Å². The highest BCUT2D eigenvalue weighted by Gasteiger charge is 2.27. The Morgan fingerprint density at radius 3 is 2.71 bits per heavy atom. The maximum atomic E-state index is 11.3. The summed E-state index contributed by atoms with van der Waals surface area (Å²) in [5.41, 5.74) is 0. The number of ether oxygens (including phenoxy) is 1. The largest absolute Gasteiger partial charge is 0.449 e. The van der Waals surface area contributed by atoms with E-state index in [4.69, 9.17) is 4.74 Å². The Labute approximate surface area is 82.6 Å². The molecular weight excluding hydrogens is 184 g/mol. The maximum Gasteiger partial charge on any atom is 0.375 e. The molecule has 0 aliphatic heterocycles. The van der Waals surface area contributed by atoms with Crippen LogP contribution in [0.3, 0.4) is 0 Å². The summed E-state index contributed by atoms with van der Waals surface area (Å²) in [5.74, 6) is -1.50. The highest BCUT2D eigenvalue weighted by molar-refractivity contribution is 6.33. The second-order valence-corrected chi connectivity index (χ2v) is 3.38. The molecule has 0 heterocycles. The zero-order chi connectivity index (χ0) is 10.6. The highest BCUT2D eigenvalue weighted by atomic mass is 16.6. The lowest BCUT2D eigenvalue weighted by Gasteiger charge is -2.19. The molecule has 4 heteroatoms. The van der Waals surface area contributed by atoms with Crippen molar-refractivity contribution in [3.05, 3.63) is 0 Å². The van der Waals surface area contributed by atoms with Crippen molar-refractivity contribution in [1.29, 1.82) is 0 Å². The summed E-state index contributed by atoms with van der Waals surface area (Å²) in [6, 6.07) is 0. The van der Waals surface area contributed by atoms with Gasteiger partial charge in [-0.25, -0.2) is 4.79 Å². The molecule has 0 spiro atoms. The van der Waals surface area contributed by atoms with Gasteiger partial charge in [-0.1, -0.05) is 6.92 Å². The van der Waals surface area contributed by atoms with Gasteiger partial charge in [0.25, 0.3) is 0 Å². The summed E-state index contributed by atoms with van der Waals surface area (Å²) in [6.45, 7) is 1.59. The van der Waals surface area contributed by atoms with E-state index in [0.717, 1.165) is 12.8 Å².